The fourth-order valence-electron chi connectivity index (χ4n) is 3.03. The lowest BCUT2D eigenvalue weighted by atomic mass is 9.99. The van der Waals surface area contributed by atoms with Gasteiger partial charge in [0.25, 0.3) is 0 Å². The smallest absolute Gasteiger partial charge is 0.409 e. The van der Waals surface area contributed by atoms with Crippen molar-refractivity contribution in [3.63, 3.8) is 0 Å². The SMILES string of the molecule is COC(=O)N1CCc2ccc(NS(=O)(=O)Cc3cc(F)cc(F)c3)cc2C1. The van der Waals surface area contributed by atoms with Crippen LogP contribution in [0.5, 0.6) is 0 Å². The van der Waals surface area contributed by atoms with Crippen LogP contribution in [-0.2, 0) is 33.5 Å². The molecule has 0 radical (unpaired) electrons. The van der Waals surface area contributed by atoms with Crippen molar-refractivity contribution in [3.05, 3.63) is 64.7 Å². The van der Waals surface area contributed by atoms with Gasteiger partial charge in [0.15, 0.2) is 0 Å². The van der Waals surface area contributed by atoms with Gasteiger partial charge in [0, 0.05) is 24.8 Å². The Bertz CT molecular complexity index is 959. The summed E-state index contributed by atoms with van der Waals surface area (Å²) in [7, 11) is -2.57. The first kappa shape index (κ1) is 19.1. The van der Waals surface area contributed by atoms with Gasteiger partial charge in [0.2, 0.25) is 10.0 Å². The molecule has 2 aromatic rings. The number of anilines is 1. The quantitative estimate of drug-likeness (QED) is 0.862. The lowest BCUT2D eigenvalue weighted by molar-refractivity contribution is 0.118. The summed E-state index contributed by atoms with van der Waals surface area (Å²) in [6.45, 7) is 0.836. The summed E-state index contributed by atoms with van der Waals surface area (Å²) in [5.41, 5.74) is 2.15. The zero-order valence-corrected chi connectivity index (χ0v) is 15.4. The van der Waals surface area contributed by atoms with Crippen LogP contribution < -0.4 is 4.72 Å². The molecule has 6 nitrogen and oxygen atoms in total. The zero-order chi connectivity index (χ0) is 19.6. The number of ether oxygens (including phenoxy) is 1. The van der Waals surface area contributed by atoms with Crippen molar-refractivity contribution in [2.45, 2.75) is 18.7 Å². The molecule has 1 aliphatic rings. The molecule has 1 amide bonds. The molecule has 0 aliphatic carbocycles. The summed E-state index contributed by atoms with van der Waals surface area (Å²) in [6, 6.07) is 7.70. The molecular formula is C18H18F2N2O4S. The predicted octanol–water partition coefficient (Wildman–Crippen LogP) is 3.03. The third kappa shape index (κ3) is 4.73. The number of rotatable bonds is 4. The number of amides is 1. The van der Waals surface area contributed by atoms with E-state index in [2.05, 4.69) is 4.72 Å². The molecule has 1 aliphatic heterocycles. The topological polar surface area (TPSA) is 75.7 Å². The highest BCUT2D eigenvalue weighted by molar-refractivity contribution is 7.91. The first-order valence-corrected chi connectivity index (χ1v) is 9.81. The molecule has 0 unspecified atom stereocenters. The largest absolute Gasteiger partial charge is 0.453 e. The molecule has 0 saturated heterocycles. The van der Waals surface area contributed by atoms with Gasteiger partial charge in [-0.2, -0.15) is 0 Å². The van der Waals surface area contributed by atoms with Crippen LogP contribution in [0.2, 0.25) is 0 Å². The lowest BCUT2D eigenvalue weighted by Crippen LogP contribution is -2.35. The van der Waals surface area contributed by atoms with Crippen LogP contribution in [0.3, 0.4) is 0 Å². The zero-order valence-electron chi connectivity index (χ0n) is 14.5. The van der Waals surface area contributed by atoms with Crippen molar-refractivity contribution in [3.8, 4) is 0 Å². The second kappa shape index (κ2) is 7.51. The van der Waals surface area contributed by atoms with Gasteiger partial charge in [-0.1, -0.05) is 6.07 Å². The third-order valence-corrected chi connectivity index (χ3v) is 5.46. The van der Waals surface area contributed by atoms with E-state index in [-0.39, 0.29) is 5.56 Å². The minimum absolute atomic E-state index is 0.00910. The molecule has 0 aromatic heterocycles. The van der Waals surface area contributed by atoms with Gasteiger partial charge in [-0.25, -0.2) is 22.0 Å². The number of halogens is 2. The number of hydrogen-bond acceptors (Lipinski definition) is 4. The first-order valence-electron chi connectivity index (χ1n) is 8.16. The minimum Gasteiger partial charge on any atom is -0.453 e. The number of benzene rings is 2. The molecule has 9 heteroatoms. The van der Waals surface area contributed by atoms with Crippen molar-refractivity contribution < 1.29 is 26.7 Å². The molecule has 1 N–H and O–H groups in total. The van der Waals surface area contributed by atoms with E-state index < -0.39 is 33.5 Å². The molecule has 144 valence electrons. The Labute approximate surface area is 155 Å². The van der Waals surface area contributed by atoms with Crippen LogP contribution in [0.4, 0.5) is 19.3 Å². The van der Waals surface area contributed by atoms with E-state index in [1.807, 2.05) is 0 Å². The van der Waals surface area contributed by atoms with Crippen LogP contribution in [0.25, 0.3) is 0 Å². The second-order valence-electron chi connectivity index (χ2n) is 6.26. The number of carbonyl (C=O) groups is 1. The van der Waals surface area contributed by atoms with Gasteiger partial charge in [0.05, 0.1) is 12.9 Å². The molecular weight excluding hydrogens is 378 g/mol. The Balaban J connectivity index is 1.76. The van der Waals surface area contributed by atoms with Gasteiger partial charge in [-0.05, 0) is 47.4 Å². The van der Waals surface area contributed by atoms with Crippen molar-refractivity contribution >= 4 is 21.8 Å². The highest BCUT2D eigenvalue weighted by atomic mass is 32.2. The third-order valence-electron chi connectivity index (χ3n) is 4.20. The van der Waals surface area contributed by atoms with Crippen LogP contribution >= 0.6 is 0 Å². The highest BCUT2D eigenvalue weighted by Gasteiger charge is 2.22. The summed E-state index contributed by atoms with van der Waals surface area (Å²) in [5.74, 6) is -2.23. The summed E-state index contributed by atoms with van der Waals surface area (Å²) >= 11 is 0. The van der Waals surface area contributed by atoms with Crippen molar-refractivity contribution in [1.82, 2.24) is 4.90 Å². The Morgan fingerprint density at radius 2 is 1.85 bits per heavy atom. The molecule has 0 fully saturated rings. The number of carbonyl (C=O) groups excluding carboxylic acids is 1. The van der Waals surface area contributed by atoms with E-state index >= 15 is 0 Å². The standard InChI is InChI=1S/C18H18F2N2O4S/c1-26-18(23)22-5-4-13-2-3-17(8-14(13)10-22)21-27(24,25)11-12-6-15(19)9-16(20)7-12/h2-3,6-9,21H,4-5,10-11H2,1H3. The fraction of sp³-hybridized carbons (Fsp3) is 0.278. The monoisotopic (exact) mass is 396 g/mol. The maximum absolute atomic E-state index is 13.3. The summed E-state index contributed by atoms with van der Waals surface area (Å²) in [5, 5.41) is 0. The Morgan fingerprint density at radius 1 is 1.15 bits per heavy atom. The van der Waals surface area contributed by atoms with E-state index in [1.165, 1.54) is 12.0 Å². The molecule has 27 heavy (non-hydrogen) atoms. The molecule has 0 atom stereocenters. The van der Waals surface area contributed by atoms with Gasteiger partial charge >= 0.3 is 6.09 Å². The lowest BCUT2D eigenvalue weighted by Gasteiger charge is -2.28. The van der Waals surface area contributed by atoms with Crippen LogP contribution in [0.15, 0.2) is 36.4 Å². The number of nitrogens with one attached hydrogen (secondary N) is 1. The van der Waals surface area contributed by atoms with Gasteiger partial charge < -0.3 is 9.64 Å². The van der Waals surface area contributed by atoms with E-state index in [4.69, 9.17) is 4.74 Å². The van der Waals surface area contributed by atoms with Crippen molar-refractivity contribution in [2.75, 3.05) is 18.4 Å². The Hall–Kier alpha value is -2.68. The Morgan fingerprint density at radius 3 is 2.52 bits per heavy atom. The normalized spacial score (nSPS) is 13.8. The summed E-state index contributed by atoms with van der Waals surface area (Å²) < 4.78 is 58.3. The first-order chi connectivity index (χ1) is 12.8. The van der Waals surface area contributed by atoms with Crippen LogP contribution in [0, 0.1) is 11.6 Å². The molecule has 0 spiro atoms. The minimum atomic E-state index is -3.87. The van der Waals surface area contributed by atoms with Crippen molar-refractivity contribution in [2.24, 2.45) is 0 Å². The number of methoxy groups -OCH3 is 1. The van der Waals surface area contributed by atoms with Crippen molar-refractivity contribution in [1.29, 1.82) is 0 Å². The molecule has 1 heterocycles. The number of hydrogen-bond donors (Lipinski definition) is 1. The molecule has 0 bridgehead atoms. The van der Waals surface area contributed by atoms with E-state index in [9.17, 15) is 22.0 Å². The predicted molar refractivity (Wildman–Crippen MR) is 95.6 cm³/mol. The van der Waals surface area contributed by atoms with E-state index in [0.717, 1.165) is 23.3 Å². The molecule has 3 rings (SSSR count). The molecule has 0 saturated carbocycles. The van der Waals surface area contributed by atoms with Gasteiger partial charge in [-0.15, -0.1) is 0 Å². The van der Waals surface area contributed by atoms with Gasteiger partial charge in [-0.3, -0.25) is 4.72 Å². The Kier molecular flexibility index (Phi) is 5.31. The fourth-order valence-corrected chi connectivity index (χ4v) is 4.20. The summed E-state index contributed by atoms with van der Waals surface area (Å²) in [6.07, 6.45) is 0.194. The van der Waals surface area contributed by atoms with E-state index in [0.29, 0.717) is 31.3 Å². The van der Waals surface area contributed by atoms with Gasteiger partial charge in [0.1, 0.15) is 11.6 Å². The maximum atomic E-state index is 13.3. The molecule has 2 aromatic carbocycles. The average molecular weight is 396 g/mol. The maximum Gasteiger partial charge on any atom is 0.409 e. The van der Waals surface area contributed by atoms with Crippen LogP contribution in [0.1, 0.15) is 16.7 Å². The number of sulfonamides is 1. The summed E-state index contributed by atoms with van der Waals surface area (Å²) in [4.78, 5) is 13.2. The van der Waals surface area contributed by atoms with E-state index in [1.54, 1.807) is 18.2 Å². The average Bonchev–Trinajstić information content (AvgIpc) is 2.58. The number of fused-ring (bicyclic) bond motifs is 1. The highest BCUT2D eigenvalue weighted by Crippen LogP contribution is 2.24. The number of nitrogens with zero attached hydrogens (tertiary/aromatic N) is 1. The van der Waals surface area contributed by atoms with Crippen LogP contribution in [-0.4, -0.2) is 33.1 Å². The second-order valence-corrected chi connectivity index (χ2v) is 7.99.